The molecule has 0 spiro atoms. The lowest BCUT2D eigenvalue weighted by Crippen LogP contribution is -2.30. The van der Waals surface area contributed by atoms with Gasteiger partial charge in [0.2, 0.25) is 0 Å². The van der Waals surface area contributed by atoms with Crippen molar-refractivity contribution >= 4 is 18.5 Å². The third-order valence-corrected chi connectivity index (χ3v) is 1.66. The summed E-state index contributed by atoms with van der Waals surface area (Å²) in [5, 5.41) is 1.83. The Morgan fingerprint density at radius 1 is 1.43 bits per heavy atom. The fourth-order valence-electron chi connectivity index (χ4n) is 0.977. The van der Waals surface area contributed by atoms with E-state index in [-0.39, 0.29) is 0 Å². The summed E-state index contributed by atoms with van der Waals surface area (Å²) in [6.45, 7) is 1.58. The quantitative estimate of drug-likeness (QED) is 0.575. The van der Waals surface area contributed by atoms with E-state index in [1.807, 2.05) is 0 Å². The van der Waals surface area contributed by atoms with Crippen molar-refractivity contribution in [2.45, 2.75) is 12.3 Å². The van der Waals surface area contributed by atoms with Gasteiger partial charge in [-0.1, -0.05) is 6.07 Å². The maximum absolute atomic E-state index is 13.0. The monoisotopic (exact) mass is 217 g/mol. The Labute approximate surface area is 85.7 Å². The predicted molar refractivity (Wildman–Crippen MR) is 52.3 cm³/mol. The van der Waals surface area contributed by atoms with E-state index in [1.54, 1.807) is 6.92 Å². The highest BCUT2D eigenvalue weighted by molar-refractivity contribution is 7.80. The second-order valence-corrected chi connectivity index (χ2v) is 3.52. The molecular weight excluding hydrogens is 208 g/mol. The standard InChI is InChI=1S/C9H9F2NOS/c1-5(14)12-9(13)8-6(10)3-2-4-7(8)11/h2-5,14H,1H3,(H,12,13). The van der Waals surface area contributed by atoms with Crippen LogP contribution in [0.25, 0.3) is 0 Å². The highest BCUT2D eigenvalue weighted by atomic mass is 32.1. The summed E-state index contributed by atoms with van der Waals surface area (Å²) in [4.78, 5) is 11.3. The molecule has 1 N–H and O–H groups in total. The number of hydrogen-bond donors (Lipinski definition) is 2. The van der Waals surface area contributed by atoms with Gasteiger partial charge in [-0.05, 0) is 19.1 Å². The van der Waals surface area contributed by atoms with Crippen molar-refractivity contribution in [2.24, 2.45) is 0 Å². The molecule has 5 heteroatoms. The predicted octanol–water partition coefficient (Wildman–Crippen LogP) is 1.97. The van der Waals surface area contributed by atoms with Crippen molar-refractivity contribution in [3.05, 3.63) is 35.4 Å². The van der Waals surface area contributed by atoms with Crippen LogP contribution < -0.4 is 5.32 Å². The van der Waals surface area contributed by atoms with Gasteiger partial charge in [0.25, 0.3) is 5.91 Å². The molecule has 1 unspecified atom stereocenters. The van der Waals surface area contributed by atoms with Crippen LogP contribution in [0.2, 0.25) is 0 Å². The number of carbonyl (C=O) groups excluding carboxylic acids is 1. The fraction of sp³-hybridized carbons (Fsp3) is 0.222. The van der Waals surface area contributed by atoms with Gasteiger partial charge in [-0.2, -0.15) is 12.6 Å². The van der Waals surface area contributed by atoms with Crippen LogP contribution in [0.15, 0.2) is 18.2 Å². The smallest absolute Gasteiger partial charge is 0.258 e. The molecule has 0 aliphatic rings. The third-order valence-electron chi connectivity index (χ3n) is 1.53. The lowest BCUT2D eigenvalue weighted by atomic mass is 10.2. The number of rotatable bonds is 2. The topological polar surface area (TPSA) is 29.1 Å². The normalized spacial score (nSPS) is 12.3. The van der Waals surface area contributed by atoms with Gasteiger partial charge in [-0.15, -0.1) is 0 Å². The van der Waals surface area contributed by atoms with E-state index in [0.717, 1.165) is 12.1 Å². The summed E-state index contributed by atoms with van der Waals surface area (Å²) in [5.74, 6) is -2.56. The molecule has 1 aromatic rings. The Kier molecular flexibility index (Phi) is 3.46. The molecule has 1 aromatic carbocycles. The molecule has 0 radical (unpaired) electrons. The second-order valence-electron chi connectivity index (χ2n) is 2.75. The maximum Gasteiger partial charge on any atom is 0.258 e. The van der Waals surface area contributed by atoms with Crippen LogP contribution in [0.1, 0.15) is 17.3 Å². The number of halogens is 2. The molecule has 1 atom stereocenters. The molecule has 0 aliphatic carbocycles. The number of nitrogens with one attached hydrogen (secondary N) is 1. The first-order chi connectivity index (χ1) is 6.52. The van der Waals surface area contributed by atoms with Crippen molar-refractivity contribution in [1.82, 2.24) is 5.32 Å². The van der Waals surface area contributed by atoms with Crippen molar-refractivity contribution in [3.63, 3.8) is 0 Å². The minimum atomic E-state index is -0.878. The zero-order chi connectivity index (χ0) is 10.7. The molecule has 0 aliphatic heterocycles. The van der Waals surface area contributed by atoms with Crippen LogP contribution in [-0.2, 0) is 0 Å². The summed E-state index contributed by atoms with van der Waals surface area (Å²) in [6.07, 6.45) is 0. The van der Waals surface area contributed by atoms with E-state index >= 15 is 0 Å². The average Bonchev–Trinajstić information content (AvgIpc) is 2.01. The van der Waals surface area contributed by atoms with Crippen LogP contribution in [-0.4, -0.2) is 11.3 Å². The van der Waals surface area contributed by atoms with E-state index < -0.39 is 28.5 Å². The first kappa shape index (κ1) is 11.0. The van der Waals surface area contributed by atoms with Gasteiger partial charge in [0.05, 0.1) is 5.37 Å². The second kappa shape index (κ2) is 4.41. The van der Waals surface area contributed by atoms with Gasteiger partial charge >= 0.3 is 0 Å². The Bertz CT molecular complexity index is 334. The van der Waals surface area contributed by atoms with Gasteiger partial charge < -0.3 is 5.32 Å². The van der Waals surface area contributed by atoms with E-state index in [0.29, 0.717) is 0 Å². The molecule has 2 nitrogen and oxygen atoms in total. The number of thiol groups is 1. The number of amides is 1. The van der Waals surface area contributed by atoms with Crippen molar-refractivity contribution in [1.29, 1.82) is 0 Å². The van der Waals surface area contributed by atoms with Gasteiger partial charge in [-0.25, -0.2) is 8.78 Å². The van der Waals surface area contributed by atoms with E-state index in [2.05, 4.69) is 17.9 Å². The summed E-state index contributed by atoms with van der Waals surface area (Å²) >= 11 is 3.88. The van der Waals surface area contributed by atoms with E-state index in [4.69, 9.17) is 0 Å². The van der Waals surface area contributed by atoms with Crippen molar-refractivity contribution in [2.75, 3.05) is 0 Å². The van der Waals surface area contributed by atoms with Crippen LogP contribution in [0.3, 0.4) is 0 Å². The van der Waals surface area contributed by atoms with Crippen LogP contribution in [0, 0.1) is 11.6 Å². The average molecular weight is 217 g/mol. The Hall–Kier alpha value is -1.10. The molecule has 0 saturated carbocycles. The number of hydrogen-bond acceptors (Lipinski definition) is 2. The third kappa shape index (κ3) is 2.45. The molecule has 14 heavy (non-hydrogen) atoms. The molecule has 0 aromatic heterocycles. The zero-order valence-corrected chi connectivity index (χ0v) is 8.32. The highest BCUT2D eigenvalue weighted by Gasteiger charge is 2.17. The van der Waals surface area contributed by atoms with E-state index in [1.165, 1.54) is 6.07 Å². The van der Waals surface area contributed by atoms with E-state index in [9.17, 15) is 13.6 Å². The Morgan fingerprint density at radius 2 is 1.93 bits per heavy atom. The molecule has 0 heterocycles. The van der Waals surface area contributed by atoms with Gasteiger partial charge in [-0.3, -0.25) is 4.79 Å². The largest absolute Gasteiger partial charge is 0.341 e. The molecule has 76 valence electrons. The van der Waals surface area contributed by atoms with Gasteiger partial charge in [0, 0.05) is 0 Å². The Morgan fingerprint density at radius 3 is 2.36 bits per heavy atom. The maximum atomic E-state index is 13.0. The SMILES string of the molecule is CC(S)NC(=O)c1c(F)cccc1F. The Balaban J connectivity index is 3.00. The van der Waals surface area contributed by atoms with Gasteiger partial charge in [0.1, 0.15) is 17.2 Å². The summed E-state index contributed by atoms with van der Waals surface area (Å²) in [7, 11) is 0. The summed E-state index contributed by atoms with van der Waals surface area (Å²) < 4.78 is 26.1. The first-order valence-electron chi connectivity index (χ1n) is 3.95. The lowest BCUT2D eigenvalue weighted by Gasteiger charge is -2.08. The lowest BCUT2D eigenvalue weighted by molar-refractivity contribution is 0.0943. The molecule has 0 saturated heterocycles. The number of benzene rings is 1. The van der Waals surface area contributed by atoms with Crippen molar-refractivity contribution in [3.8, 4) is 0 Å². The van der Waals surface area contributed by atoms with Crippen LogP contribution in [0.4, 0.5) is 8.78 Å². The summed E-state index contributed by atoms with van der Waals surface area (Å²) in [5.41, 5.74) is -0.576. The minimum absolute atomic E-state index is 0.457. The van der Waals surface area contributed by atoms with Crippen molar-refractivity contribution < 1.29 is 13.6 Å². The highest BCUT2D eigenvalue weighted by Crippen LogP contribution is 2.11. The van der Waals surface area contributed by atoms with Crippen LogP contribution >= 0.6 is 12.6 Å². The molecule has 1 amide bonds. The first-order valence-corrected chi connectivity index (χ1v) is 4.47. The molecular formula is C9H9F2NOS. The minimum Gasteiger partial charge on any atom is -0.341 e. The molecule has 0 fully saturated rings. The fourth-order valence-corrected chi connectivity index (χ4v) is 1.09. The number of carbonyl (C=O) groups is 1. The molecule has 0 bridgehead atoms. The van der Waals surface area contributed by atoms with Crippen LogP contribution in [0.5, 0.6) is 0 Å². The molecule has 1 rings (SSSR count). The summed E-state index contributed by atoms with van der Waals surface area (Å²) in [6, 6.07) is 3.26. The zero-order valence-electron chi connectivity index (χ0n) is 7.42. The van der Waals surface area contributed by atoms with Gasteiger partial charge in [0.15, 0.2) is 0 Å².